The number of thiophene rings is 1. The minimum Gasteiger partial charge on any atom is -0.462 e. The van der Waals surface area contributed by atoms with Crippen LogP contribution in [-0.2, 0) is 19.1 Å². The molecule has 2 amide bonds. The van der Waals surface area contributed by atoms with E-state index in [0.29, 0.717) is 5.02 Å². The minimum atomic E-state index is -0.801. The second kappa shape index (κ2) is 10.7. The van der Waals surface area contributed by atoms with Crippen molar-refractivity contribution in [1.82, 2.24) is 5.32 Å². The van der Waals surface area contributed by atoms with Crippen LogP contribution < -0.4 is 10.6 Å². The van der Waals surface area contributed by atoms with E-state index in [4.69, 9.17) is 21.1 Å². The Labute approximate surface area is 192 Å². The number of benzene rings is 2. The molecule has 0 spiro atoms. The maximum Gasteiger partial charge on any atom is 0.340 e. The number of rotatable bonds is 8. The maximum absolute atomic E-state index is 12.4. The number of anilines is 1. The van der Waals surface area contributed by atoms with Gasteiger partial charge in [-0.1, -0.05) is 41.9 Å². The van der Waals surface area contributed by atoms with Gasteiger partial charge >= 0.3 is 11.9 Å². The number of nitrogens with one attached hydrogen (secondary N) is 2. The van der Waals surface area contributed by atoms with Gasteiger partial charge in [0.2, 0.25) is 0 Å². The molecule has 166 valence electrons. The molecular weight excluding hydrogens is 456 g/mol. The molecule has 2 aromatic carbocycles. The first-order valence-corrected chi connectivity index (χ1v) is 10.8. The molecule has 3 rings (SSSR count). The van der Waals surface area contributed by atoms with Crippen LogP contribution >= 0.6 is 22.9 Å². The van der Waals surface area contributed by atoms with Crippen molar-refractivity contribution < 1.29 is 28.7 Å². The van der Waals surface area contributed by atoms with Crippen molar-refractivity contribution in [3.05, 3.63) is 64.0 Å². The molecule has 0 radical (unpaired) electrons. The average Bonchev–Trinajstić information content (AvgIpc) is 3.13. The van der Waals surface area contributed by atoms with Crippen LogP contribution in [0.5, 0.6) is 0 Å². The lowest BCUT2D eigenvalue weighted by Crippen LogP contribution is -2.32. The van der Waals surface area contributed by atoms with Crippen molar-refractivity contribution in [2.24, 2.45) is 0 Å². The third kappa shape index (κ3) is 5.63. The maximum atomic E-state index is 12.4. The Morgan fingerprint density at radius 3 is 2.47 bits per heavy atom. The summed E-state index contributed by atoms with van der Waals surface area (Å²) in [6, 6.07) is 13.6. The van der Waals surface area contributed by atoms with Crippen molar-refractivity contribution in [2.75, 3.05) is 25.1 Å². The summed E-state index contributed by atoms with van der Waals surface area (Å²) in [6.07, 6.45) is 0. The van der Waals surface area contributed by atoms with E-state index in [1.165, 1.54) is 23.5 Å². The summed E-state index contributed by atoms with van der Waals surface area (Å²) in [5.74, 6) is -2.54. The van der Waals surface area contributed by atoms with E-state index in [2.05, 4.69) is 10.6 Å². The minimum absolute atomic E-state index is 0.182. The third-order valence-corrected chi connectivity index (χ3v) is 5.87. The van der Waals surface area contributed by atoms with Crippen LogP contribution in [0.3, 0.4) is 0 Å². The van der Waals surface area contributed by atoms with Gasteiger partial charge in [-0.05, 0) is 25.1 Å². The van der Waals surface area contributed by atoms with Crippen molar-refractivity contribution >= 4 is 62.5 Å². The quantitative estimate of drug-likeness (QED) is 0.482. The van der Waals surface area contributed by atoms with Crippen molar-refractivity contribution in [3.8, 4) is 0 Å². The normalized spacial score (nSPS) is 10.4. The van der Waals surface area contributed by atoms with Gasteiger partial charge in [0.1, 0.15) is 11.4 Å². The molecule has 0 unspecified atom stereocenters. The lowest BCUT2D eigenvalue weighted by molar-refractivity contribution is -0.146. The van der Waals surface area contributed by atoms with Gasteiger partial charge in [-0.3, -0.25) is 14.4 Å². The summed E-state index contributed by atoms with van der Waals surface area (Å²) in [7, 11) is 0. The average molecular weight is 475 g/mol. The largest absolute Gasteiger partial charge is 0.462 e. The van der Waals surface area contributed by atoms with E-state index >= 15 is 0 Å². The smallest absolute Gasteiger partial charge is 0.340 e. The Kier molecular flexibility index (Phi) is 7.80. The van der Waals surface area contributed by atoms with Gasteiger partial charge in [0.05, 0.1) is 22.9 Å². The number of carbonyl (C=O) groups is 4. The van der Waals surface area contributed by atoms with E-state index in [9.17, 15) is 19.2 Å². The molecule has 0 fully saturated rings. The number of amides is 2. The van der Waals surface area contributed by atoms with E-state index in [-0.39, 0.29) is 22.7 Å². The Bertz CT molecular complexity index is 1180. The summed E-state index contributed by atoms with van der Waals surface area (Å²) >= 11 is 7.46. The zero-order chi connectivity index (χ0) is 23.1. The molecule has 3 aromatic rings. The van der Waals surface area contributed by atoms with Crippen molar-refractivity contribution in [3.63, 3.8) is 0 Å². The Balaban J connectivity index is 1.50. The van der Waals surface area contributed by atoms with Crippen LogP contribution in [0.15, 0.2) is 48.5 Å². The highest BCUT2D eigenvalue weighted by Crippen LogP contribution is 2.34. The van der Waals surface area contributed by atoms with E-state index in [1.807, 2.05) is 18.2 Å². The summed E-state index contributed by atoms with van der Waals surface area (Å²) in [5.41, 5.74) is 0.418. The number of hydrogen-bond donors (Lipinski definition) is 2. The third-order valence-electron chi connectivity index (χ3n) is 4.20. The molecule has 2 N–H and O–H groups in total. The fourth-order valence-corrected chi connectivity index (χ4v) is 4.19. The molecule has 0 saturated heterocycles. The van der Waals surface area contributed by atoms with Gasteiger partial charge in [0.15, 0.2) is 6.61 Å². The summed E-state index contributed by atoms with van der Waals surface area (Å²) < 4.78 is 10.7. The zero-order valence-electron chi connectivity index (χ0n) is 17.0. The Morgan fingerprint density at radius 1 is 1.00 bits per heavy atom. The molecule has 0 aliphatic carbocycles. The van der Waals surface area contributed by atoms with Crippen LogP contribution in [0.25, 0.3) is 10.1 Å². The second-order valence-corrected chi connectivity index (χ2v) is 7.83. The van der Waals surface area contributed by atoms with Crippen LogP contribution in [0.2, 0.25) is 5.02 Å². The summed E-state index contributed by atoms with van der Waals surface area (Å²) in [4.78, 5) is 48.6. The van der Waals surface area contributed by atoms with Crippen LogP contribution in [0, 0.1) is 0 Å². The van der Waals surface area contributed by atoms with Crippen LogP contribution in [0.4, 0.5) is 5.69 Å². The predicted octanol–water partition coefficient (Wildman–Crippen LogP) is 3.64. The Morgan fingerprint density at radius 2 is 1.72 bits per heavy atom. The molecule has 10 heteroatoms. The highest BCUT2D eigenvalue weighted by atomic mass is 35.5. The van der Waals surface area contributed by atoms with Gasteiger partial charge in [-0.25, -0.2) is 4.79 Å². The number of halogens is 1. The highest BCUT2D eigenvalue weighted by molar-refractivity contribution is 7.21. The van der Waals surface area contributed by atoms with Gasteiger partial charge in [-0.2, -0.15) is 0 Å². The molecule has 0 bridgehead atoms. The lowest BCUT2D eigenvalue weighted by Gasteiger charge is -2.10. The topological polar surface area (TPSA) is 111 Å². The first-order valence-electron chi connectivity index (χ1n) is 9.57. The number of carbonyl (C=O) groups excluding carboxylic acids is 4. The van der Waals surface area contributed by atoms with E-state index < -0.39 is 36.9 Å². The van der Waals surface area contributed by atoms with E-state index in [1.54, 1.807) is 25.1 Å². The van der Waals surface area contributed by atoms with Gasteiger partial charge in [0, 0.05) is 10.1 Å². The predicted molar refractivity (Wildman–Crippen MR) is 121 cm³/mol. The number of esters is 2. The molecule has 0 aliphatic rings. The molecule has 8 nitrogen and oxygen atoms in total. The highest BCUT2D eigenvalue weighted by Gasteiger charge is 2.19. The Hall–Kier alpha value is -3.43. The zero-order valence-corrected chi connectivity index (χ0v) is 18.5. The molecule has 0 aliphatic heterocycles. The first-order chi connectivity index (χ1) is 15.4. The number of ether oxygens (including phenoxy) is 2. The van der Waals surface area contributed by atoms with Crippen LogP contribution in [-0.4, -0.2) is 43.5 Å². The molecule has 0 atom stereocenters. The standard InChI is InChI=1S/C22H19ClN2O6S/c1-2-30-22(29)13-7-3-5-9-15(13)25-17(26)12-31-18(27)11-24-21(28)20-19(23)14-8-4-6-10-16(14)32-20/h3-10H,2,11-12H2,1H3,(H,24,28)(H,25,26). The SMILES string of the molecule is CCOC(=O)c1ccccc1NC(=O)COC(=O)CNC(=O)c1sc2ccccc2c1Cl. The summed E-state index contributed by atoms with van der Waals surface area (Å²) in [5, 5.41) is 6.00. The van der Waals surface area contributed by atoms with Crippen molar-refractivity contribution in [1.29, 1.82) is 0 Å². The molecule has 32 heavy (non-hydrogen) atoms. The summed E-state index contributed by atoms with van der Waals surface area (Å²) in [6.45, 7) is 0.842. The van der Waals surface area contributed by atoms with Crippen molar-refractivity contribution in [2.45, 2.75) is 6.92 Å². The molecule has 0 saturated carbocycles. The number of hydrogen-bond acceptors (Lipinski definition) is 7. The lowest BCUT2D eigenvalue weighted by atomic mass is 10.2. The van der Waals surface area contributed by atoms with Gasteiger partial charge in [0.25, 0.3) is 11.8 Å². The first kappa shape index (κ1) is 23.2. The number of fused-ring (bicyclic) bond motifs is 1. The van der Waals surface area contributed by atoms with Gasteiger partial charge < -0.3 is 20.1 Å². The fourth-order valence-electron chi connectivity index (χ4n) is 2.76. The van der Waals surface area contributed by atoms with Gasteiger partial charge in [-0.15, -0.1) is 11.3 Å². The van der Waals surface area contributed by atoms with Crippen LogP contribution in [0.1, 0.15) is 27.0 Å². The number of para-hydroxylation sites is 1. The fraction of sp³-hybridized carbons (Fsp3) is 0.182. The van der Waals surface area contributed by atoms with E-state index in [0.717, 1.165) is 10.1 Å². The molecule has 1 aromatic heterocycles. The molecular formula is C22H19ClN2O6S. The monoisotopic (exact) mass is 474 g/mol. The molecule has 1 heterocycles. The second-order valence-electron chi connectivity index (χ2n) is 6.40.